The SMILES string of the molecule is CNC(=O)c1csc(N/N=C\c2ccc3c(c2)OCO3)n1. The van der Waals surface area contributed by atoms with Gasteiger partial charge in [-0.3, -0.25) is 10.2 Å². The van der Waals surface area contributed by atoms with Gasteiger partial charge in [-0.2, -0.15) is 5.10 Å². The number of amides is 1. The van der Waals surface area contributed by atoms with Gasteiger partial charge in [-0.15, -0.1) is 11.3 Å². The average Bonchev–Trinajstić information content (AvgIpc) is 3.14. The molecule has 8 heteroatoms. The smallest absolute Gasteiger partial charge is 0.270 e. The molecule has 1 aromatic carbocycles. The summed E-state index contributed by atoms with van der Waals surface area (Å²) in [4.78, 5) is 15.5. The second-order valence-electron chi connectivity index (χ2n) is 4.10. The van der Waals surface area contributed by atoms with Crippen LogP contribution in [0.1, 0.15) is 16.1 Å². The van der Waals surface area contributed by atoms with Gasteiger partial charge in [-0.25, -0.2) is 4.98 Å². The molecular weight excluding hydrogens is 292 g/mol. The number of nitrogens with zero attached hydrogens (tertiary/aromatic N) is 2. The average molecular weight is 304 g/mol. The minimum atomic E-state index is -0.223. The van der Waals surface area contributed by atoms with E-state index in [1.54, 1.807) is 18.6 Å². The lowest BCUT2D eigenvalue weighted by Crippen LogP contribution is -2.17. The molecule has 21 heavy (non-hydrogen) atoms. The Labute approximate surface area is 124 Å². The lowest BCUT2D eigenvalue weighted by molar-refractivity contribution is 0.0959. The second-order valence-corrected chi connectivity index (χ2v) is 4.96. The van der Waals surface area contributed by atoms with Gasteiger partial charge in [0.05, 0.1) is 6.21 Å². The molecule has 108 valence electrons. The fourth-order valence-electron chi connectivity index (χ4n) is 1.71. The van der Waals surface area contributed by atoms with Crippen molar-refractivity contribution in [3.05, 3.63) is 34.8 Å². The van der Waals surface area contributed by atoms with Crippen molar-refractivity contribution < 1.29 is 14.3 Å². The number of rotatable bonds is 4. The van der Waals surface area contributed by atoms with Gasteiger partial charge < -0.3 is 14.8 Å². The molecule has 0 radical (unpaired) electrons. The molecule has 2 heterocycles. The Morgan fingerprint density at radius 2 is 2.29 bits per heavy atom. The largest absolute Gasteiger partial charge is 0.454 e. The number of carbonyl (C=O) groups excluding carboxylic acids is 1. The highest BCUT2D eigenvalue weighted by Crippen LogP contribution is 2.31. The number of hydrogen-bond acceptors (Lipinski definition) is 7. The molecule has 0 spiro atoms. The lowest BCUT2D eigenvalue weighted by atomic mass is 10.2. The van der Waals surface area contributed by atoms with Crippen LogP contribution in [-0.2, 0) is 0 Å². The molecule has 2 N–H and O–H groups in total. The van der Waals surface area contributed by atoms with E-state index in [1.165, 1.54) is 11.3 Å². The van der Waals surface area contributed by atoms with Crippen molar-refractivity contribution in [2.45, 2.75) is 0 Å². The molecule has 0 aliphatic carbocycles. The van der Waals surface area contributed by atoms with Gasteiger partial charge in [0.15, 0.2) is 11.5 Å². The Morgan fingerprint density at radius 3 is 3.14 bits per heavy atom. The van der Waals surface area contributed by atoms with Crippen LogP contribution in [0.5, 0.6) is 11.5 Å². The van der Waals surface area contributed by atoms with Crippen LogP contribution in [0.4, 0.5) is 5.13 Å². The highest BCUT2D eigenvalue weighted by Gasteiger charge is 2.12. The van der Waals surface area contributed by atoms with Gasteiger partial charge >= 0.3 is 0 Å². The minimum Gasteiger partial charge on any atom is -0.454 e. The predicted octanol–water partition coefficient (Wildman–Crippen LogP) is 1.68. The van der Waals surface area contributed by atoms with Gasteiger partial charge in [-0.05, 0) is 23.8 Å². The quantitative estimate of drug-likeness (QED) is 0.663. The first kappa shape index (κ1) is 13.4. The zero-order chi connectivity index (χ0) is 14.7. The Balaban J connectivity index is 1.64. The summed E-state index contributed by atoms with van der Waals surface area (Å²) in [5, 5.41) is 8.81. The molecule has 0 saturated carbocycles. The van der Waals surface area contributed by atoms with E-state index in [2.05, 4.69) is 20.8 Å². The van der Waals surface area contributed by atoms with E-state index in [1.807, 2.05) is 18.2 Å². The number of aromatic nitrogens is 1. The fourth-order valence-corrected chi connectivity index (χ4v) is 2.35. The van der Waals surface area contributed by atoms with Crippen molar-refractivity contribution in [1.82, 2.24) is 10.3 Å². The number of nitrogens with one attached hydrogen (secondary N) is 2. The second kappa shape index (κ2) is 5.80. The van der Waals surface area contributed by atoms with Crippen molar-refractivity contribution in [2.75, 3.05) is 19.3 Å². The summed E-state index contributed by atoms with van der Waals surface area (Å²) in [6, 6.07) is 5.54. The van der Waals surface area contributed by atoms with Gasteiger partial charge in [0, 0.05) is 12.4 Å². The summed E-state index contributed by atoms with van der Waals surface area (Å²) in [7, 11) is 1.56. The third-order valence-corrected chi connectivity index (χ3v) is 3.48. The fraction of sp³-hybridized carbons (Fsp3) is 0.154. The van der Waals surface area contributed by atoms with Crippen LogP contribution in [-0.4, -0.2) is 30.9 Å². The molecule has 0 fully saturated rings. The van der Waals surface area contributed by atoms with Crippen LogP contribution in [0.3, 0.4) is 0 Å². The summed E-state index contributed by atoms with van der Waals surface area (Å²) in [6.07, 6.45) is 1.64. The molecule has 0 atom stereocenters. The zero-order valence-electron chi connectivity index (χ0n) is 11.1. The van der Waals surface area contributed by atoms with Gasteiger partial charge in [0.25, 0.3) is 5.91 Å². The highest BCUT2D eigenvalue weighted by molar-refractivity contribution is 7.13. The molecule has 0 bridgehead atoms. The first-order valence-corrected chi connectivity index (χ1v) is 7.00. The molecule has 1 aromatic heterocycles. The molecule has 7 nitrogen and oxygen atoms in total. The van der Waals surface area contributed by atoms with Crippen molar-refractivity contribution in [3.63, 3.8) is 0 Å². The van der Waals surface area contributed by atoms with E-state index in [0.717, 1.165) is 11.3 Å². The Morgan fingerprint density at radius 1 is 1.43 bits per heavy atom. The molecule has 1 amide bonds. The van der Waals surface area contributed by atoms with Crippen LogP contribution in [0.15, 0.2) is 28.7 Å². The lowest BCUT2D eigenvalue weighted by Gasteiger charge is -1.97. The highest BCUT2D eigenvalue weighted by atomic mass is 32.1. The molecule has 0 unspecified atom stereocenters. The molecule has 0 saturated heterocycles. The van der Waals surface area contributed by atoms with Gasteiger partial charge in [0.1, 0.15) is 5.69 Å². The molecule has 1 aliphatic heterocycles. The summed E-state index contributed by atoms with van der Waals surface area (Å²) in [5.41, 5.74) is 4.02. The first-order valence-electron chi connectivity index (χ1n) is 6.12. The summed E-state index contributed by atoms with van der Waals surface area (Å²) >= 11 is 1.31. The van der Waals surface area contributed by atoms with Crippen molar-refractivity contribution in [1.29, 1.82) is 0 Å². The number of hydrazone groups is 1. The van der Waals surface area contributed by atoms with E-state index in [0.29, 0.717) is 16.6 Å². The van der Waals surface area contributed by atoms with Crippen LogP contribution < -0.4 is 20.2 Å². The van der Waals surface area contributed by atoms with Gasteiger partial charge in [0.2, 0.25) is 11.9 Å². The monoisotopic (exact) mass is 304 g/mol. The number of anilines is 1. The standard InChI is InChI=1S/C13H12N4O3S/c1-14-12(18)9-6-21-13(16-9)17-15-5-8-2-3-10-11(4-8)20-7-19-10/h2-6H,7H2,1H3,(H,14,18)(H,16,17)/b15-5-. The summed E-state index contributed by atoms with van der Waals surface area (Å²) < 4.78 is 10.5. The third-order valence-electron chi connectivity index (χ3n) is 2.73. The maximum Gasteiger partial charge on any atom is 0.270 e. The molecular formula is C13H12N4O3S. The van der Waals surface area contributed by atoms with Crippen LogP contribution in [0.2, 0.25) is 0 Å². The summed E-state index contributed by atoms with van der Waals surface area (Å²) in [5.74, 6) is 1.21. The van der Waals surface area contributed by atoms with Crippen LogP contribution in [0, 0.1) is 0 Å². The van der Waals surface area contributed by atoms with E-state index in [9.17, 15) is 4.79 Å². The number of benzene rings is 1. The number of ether oxygens (including phenoxy) is 2. The maximum absolute atomic E-state index is 11.4. The first-order chi connectivity index (χ1) is 10.3. The third kappa shape index (κ3) is 2.95. The van der Waals surface area contributed by atoms with Gasteiger partial charge in [-0.1, -0.05) is 0 Å². The number of thiazole rings is 1. The number of carbonyl (C=O) groups is 1. The van der Waals surface area contributed by atoms with E-state index < -0.39 is 0 Å². The maximum atomic E-state index is 11.4. The molecule has 2 aromatic rings. The zero-order valence-corrected chi connectivity index (χ0v) is 11.9. The van der Waals surface area contributed by atoms with Crippen molar-refractivity contribution in [3.8, 4) is 11.5 Å². The van der Waals surface area contributed by atoms with E-state index in [-0.39, 0.29) is 12.7 Å². The topological polar surface area (TPSA) is 84.8 Å². The van der Waals surface area contributed by atoms with Crippen molar-refractivity contribution in [2.24, 2.45) is 5.10 Å². The van der Waals surface area contributed by atoms with Crippen molar-refractivity contribution >= 4 is 28.6 Å². The Hall–Kier alpha value is -2.61. The summed E-state index contributed by atoms with van der Waals surface area (Å²) in [6.45, 7) is 0.246. The van der Waals surface area contributed by atoms with E-state index in [4.69, 9.17) is 9.47 Å². The predicted molar refractivity (Wildman–Crippen MR) is 79.3 cm³/mol. The normalized spacial score (nSPS) is 12.6. The Bertz CT molecular complexity index is 698. The van der Waals surface area contributed by atoms with E-state index >= 15 is 0 Å². The molecule has 1 aliphatic rings. The molecule has 3 rings (SSSR count). The Kier molecular flexibility index (Phi) is 3.69. The minimum absolute atomic E-state index is 0.223. The van der Waals surface area contributed by atoms with Crippen LogP contribution in [0.25, 0.3) is 0 Å². The number of hydrogen-bond donors (Lipinski definition) is 2. The number of fused-ring (bicyclic) bond motifs is 1. The van der Waals surface area contributed by atoms with Crippen LogP contribution >= 0.6 is 11.3 Å².